The minimum absolute atomic E-state index is 0.136. The van der Waals surface area contributed by atoms with Crippen LogP contribution in [0.25, 0.3) is 11.2 Å². The average molecular weight is 373 g/mol. The molecule has 3 aromatic rings. The van der Waals surface area contributed by atoms with Gasteiger partial charge >= 0.3 is 0 Å². The van der Waals surface area contributed by atoms with Crippen LogP contribution in [0.1, 0.15) is 6.23 Å². The zero-order valence-electron chi connectivity index (χ0n) is 14.1. The van der Waals surface area contributed by atoms with E-state index in [2.05, 4.69) is 20.3 Å². The van der Waals surface area contributed by atoms with E-state index in [0.717, 1.165) is 0 Å². The van der Waals surface area contributed by atoms with Crippen molar-refractivity contribution in [2.75, 3.05) is 23.4 Å². The molecular weight excluding hydrogens is 354 g/mol. The molecule has 1 aromatic carbocycles. The highest BCUT2D eigenvalue weighted by atomic mass is 16.6. The second-order valence-electron chi connectivity index (χ2n) is 6.24. The SMILES string of the molecule is Nc1cccc(Nc2nc(N)c3ncn([C@@H]4O[C@H](CO)[C@@H](O)[C@H]4O)c3n2)c1. The van der Waals surface area contributed by atoms with E-state index in [1.165, 1.54) is 10.9 Å². The van der Waals surface area contributed by atoms with Gasteiger partial charge in [-0.15, -0.1) is 0 Å². The molecule has 0 bridgehead atoms. The Bertz CT molecular complexity index is 979. The van der Waals surface area contributed by atoms with Crippen molar-refractivity contribution in [3.63, 3.8) is 0 Å². The summed E-state index contributed by atoms with van der Waals surface area (Å²) in [6, 6.07) is 7.04. The molecule has 4 atom stereocenters. The van der Waals surface area contributed by atoms with Crippen molar-refractivity contribution in [1.82, 2.24) is 19.5 Å². The molecule has 142 valence electrons. The van der Waals surface area contributed by atoms with Crippen LogP contribution in [-0.4, -0.2) is 59.8 Å². The maximum Gasteiger partial charge on any atom is 0.231 e. The van der Waals surface area contributed by atoms with Crippen molar-refractivity contribution in [2.24, 2.45) is 0 Å². The minimum Gasteiger partial charge on any atom is -0.399 e. The first-order valence-corrected chi connectivity index (χ1v) is 8.23. The van der Waals surface area contributed by atoms with Gasteiger partial charge in [0.25, 0.3) is 0 Å². The second-order valence-corrected chi connectivity index (χ2v) is 6.24. The molecule has 1 saturated heterocycles. The van der Waals surface area contributed by atoms with Crippen LogP contribution in [0.2, 0.25) is 0 Å². The van der Waals surface area contributed by atoms with Crippen molar-refractivity contribution >= 4 is 34.3 Å². The van der Waals surface area contributed by atoms with E-state index in [0.29, 0.717) is 22.5 Å². The van der Waals surface area contributed by atoms with Crippen LogP contribution >= 0.6 is 0 Å². The van der Waals surface area contributed by atoms with Gasteiger partial charge in [0.15, 0.2) is 17.7 Å². The Morgan fingerprint density at radius 2 is 2.00 bits per heavy atom. The first-order valence-electron chi connectivity index (χ1n) is 8.23. The number of nitrogens with one attached hydrogen (secondary N) is 1. The molecule has 0 amide bonds. The lowest BCUT2D eigenvalue weighted by Gasteiger charge is -2.17. The number of ether oxygens (including phenoxy) is 1. The highest BCUT2D eigenvalue weighted by Gasteiger charge is 2.44. The van der Waals surface area contributed by atoms with Crippen LogP contribution in [0.15, 0.2) is 30.6 Å². The molecule has 0 spiro atoms. The number of nitrogens with two attached hydrogens (primary N) is 2. The van der Waals surface area contributed by atoms with Gasteiger partial charge in [-0.25, -0.2) is 4.98 Å². The lowest BCUT2D eigenvalue weighted by molar-refractivity contribution is -0.0511. The predicted molar refractivity (Wildman–Crippen MR) is 96.9 cm³/mol. The van der Waals surface area contributed by atoms with Gasteiger partial charge < -0.3 is 36.8 Å². The quantitative estimate of drug-likeness (QED) is 0.322. The molecule has 1 aliphatic rings. The summed E-state index contributed by atoms with van der Waals surface area (Å²) in [6.45, 7) is -0.430. The van der Waals surface area contributed by atoms with Crippen molar-refractivity contribution in [3.05, 3.63) is 30.6 Å². The molecule has 2 aromatic heterocycles. The molecule has 8 N–H and O–H groups in total. The molecule has 0 unspecified atom stereocenters. The number of rotatable bonds is 4. The maximum atomic E-state index is 10.3. The molecule has 0 aliphatic carbocycles. The summed E-state index contributed by atoms with van der Waals surface area (Å²) < 4.78 is 6.98. The zero-order chi connectivity index (χ0) is 19.1. The summed E-state index contributed by atoms with van der Waals surface area (Å²) in [4.78, 5) is 12.7. The monoisotopic (exact) mass is 373 g/mol. The summed E-state index contributed by atoms with van der Waals surface area (Å²) in [5.74, 6) is 0.344. The van der Waals surface area contributed by atoms with Crippen LogP contribution in [0.5, 0.6) is 0 Å². The normalized spacial score (nSPS) is 25.1. The lowest BCUT2D eigenvalue weighted by atomic mass is 10.1. The maximum absolute atomic E-state index is 10.3. The van der Waals surface area contributed by atoms with Crippen molar-refractivity contribution in [3.8, 4) is 0 Å². The van der Waals surface area contributed by atoms with E-state index < -0.39 is 31.1 Å². The lowest BCUT2D eigenvalue weighted by Crippen LogP contribution is -2.33. The Morgan fingerprint density at radius 1 is 1.19 bits per heavy atom. The fraction of sp³-hybridized carbons (Fsp3) is 0.312. The van der Waals surface area contributed by atoms with E-state index in [9.17, 15) is 15.3 Å². The number of fused-ring (bicyclic) bond motifs is 1. The van der Waals surface area contributed by atoms with Crippen molar-refractivity contribution in [2.45, 2.75) is 24.5 Å². The molecule has 0 radical (unpaired) electrons. The number of aliphatic hydroxyl groups is 3. The summed E-state index contributed by atoms with van der Waals surface area (Å²) in [5, 5.41) is 32.5. The van der Waals surface area contributed by atoms with E-state index in [1.54, 1.807) is 24.3 Å². The van der Waals surface area contributed by atoms with Gasteiger partial charge in [-0.3, -0.25) is 4.57 Å². The molecule has 27 heavy (non-hydrogen) atoms. The fourth-order valence-electron chi connectivity index (χ4n) is 3.04. The van der Waals surface area contributed by atoms with Gasteiger partial charge in [0.2, 0.25) is 5.95 Å². The average Bonchev–Trinajstić information content (AvgIpc) is 3.17. The van der Waals surface area contributed by atoms with E-state index in [1.807, 2.05) is 0 Å². The highest BCUT2D eigenvalue weighted by Crippen LogP contribution is 2.32. The van der Waals surface area contributed by atoms with Crippen LogP contribution in [-0.2, 0) is 4.74 Å². The van der Waals surface area contributed by atoms with Gasteiger partial charge in [-0.2, -0.15) is 9.97 Å². The predicted octanol–water partition coefficient (Wildman–Crippen LogP) is -0.654. The summed E-state index contributed by atoms with van der Waals surface area (Å²) in [6.07, 6.45) is -2.99. The number of hydrogen-bond acceptors (Lipinski definition) is 10. The Labute approximate surface area is 153 Å². The minimum atomic E-state index is -1.26. The third-order valence-corrected chi connectivity index (χ3v) is 4.38. The Balaban J connectivity index is 1.72. The number of imidazole rings is 1. The largest absolute Gasteiger partial charge is 0.399 e. The number of nitrogens with zero attached hydrogens (tertiary/aromatic N) is 4. The number of nitrogen functional groups attached to an aromatic ring is 2. The molecular formula is C16H19N7O4. The molecule has 11 nitrogen and oxygen atoms in total. The molecule has 4 rings (SSSR count). The fourth-order valence-corrected chi connectivity index (χ4v) is 3.04. The third kappa shape index (κ3) is 3.02. The Morgan fingerprint density at radius 3 is 2.70 bits per heavy atom. The molecule has 11 heteroatoms. The van der Waals surface area contributed by atoms with Crippen LogP contribution in [0.3, 0.4) is 0 Å². The van der Waals surface area contributed by atoms with Crippen LogP contribution < -0.4 is 16.8 Å². The van der Waals surface area contributed by atoms with Gasteiger partial charge in [0.1, 0.15) is 23.8 Å². The zero-order valence-corrected chi connectivity index (χ0v) is 14.1. The Hall–Kier alpha value is -2.99. The highest BCUT2D eigenvalue weighted by molar-refractivity contribution is 5.83. The van der Waals surface area contributed by atoms with E-state index in [-0.39, 0.29) is 11.8 Å². The molecule has 1 aliphatic heterocycles. The van der Waals surface area contributed by atoms with E-state index >= 15 is 0 Å². The van der Waals surface area contributed by atoms with Gasteiger partial charge in [-0.1, -0.05) is 6.07 Å². The van der Waals surface area contributed by atoms with Crippen LogP contribution in [0.4, 0.5) is 23.1 Å². The number of hydrogen-bond donors (Lipinski definition) is 6. The van der Waals surface area contributed by atoms with Gasteiger partial charge in [-0.05, 0) is 18.2 Å². The number of aromatic nitrogens is 4. The van der Waals surface area contributed by atoms with Crippen LogP contribution in [0, 0.1) is 0 Å². The smallest absolute Gasteiger partial charge is 0.231 e. The van der Waals surface area contributed by atoms with Gasteiger partial charge in [0.05, 0.1) is 12.9 Å². The summed E-state index contributed by atoms with van der Waals surface area (Å²) >= 11 is 0. The van der Waals surface area contributed by atoms with Crippen molar-refractivity contribution < 1.29 is 20.1 Å². The number of benzene rings is 1. The molecule has 0 saturated carbocycles. The first kappa shape index (κ1) is 17.4. The topological polar surface area (TPSA) is 178 Å². The van der Waals surface area contributed by atoms with Crippen molar-refractivity contribution in [1.29, 1.82) is 0 Å². The Kier molecular flexibility index (Phi) is 4.28. The second kappa shape index (κ2) is 6.63. The molecule has 1 fully saturated rings. The summed E-state index contributed by atoms with van der Waals surface area (Å²) in [7, 11) is 0. The first-order chi connectivity index (χ1) is 13.0. The van der Waals surface area contributed by atoms with E-state index in [4.69, 9.17) is 16.2 Å². The third-order valence-electron chi connectivity index (χ3n) is 4.38. The molecule has 3 heterocycles. The van der Waals surface area contributed by atoms with Gasteiger partial charge in [0, 0.05) is 11.4 Å². The summed E-state index contributed by atoms with van der Waals surface area (Å²) in [5.41, 5.74) is 13.6. The standard InChI is InChI=1S/C16H19N7O4/c17-7-2-1-3-8(4-7)20-16-21-13(18)10-14(22-16)23(6-19-10)15-12(26)11(25)9(5-24)27-15/h1-4,6,9,11-12,15,24-26H,5,17H2,(H3,18,20,21,22)/t9-,11-,12-,15-/m1/s1. The number of anilines is 4. The number of aliphatic hydroxyl groups excluding tert-OH is 3.